The van der Waals surface area contributed by atoms with Gasteiger partial charge in [-0.2, -0.15) is 4.40 Å². The third kappa shape index (κ3) is 4.03. The van der Waals surface area contributed by atoms with Crippen molar-refractivity contribution in [3.63, 3.8) is 0 Å². The molecule has 0 saturated carbocycles. The van der Waals surface area contributed by atoms with E-state index in [9.17, 15) is 23.1 Å². The Morgan fingerprint density at radius 1 is 1.24 bits per heavy atom. The molecule has 0 aliphatic rings. The van der Waals surface area contributed by atoms with E-state index in [1.165, 1.54) is 50.0 Å². The third-order valence-corrected chi connectivity index (χ3v) is 6.86. The zero-order valence-corrected chi connectivity index (χ0v) is 18.7. The number of benzene rings is 1. The second kappa shape index (κ2) is 8.01. The fourth-order valence-corrected chi connectivity index (χ4v) is 5.36. The highest BCUT2D eigenvalue weighted by Gasteiger charge is 2.31. The van der Waals surface area contributed by atoms with Crippen LogP contribution < -0.4 is 20.0 Å². The Balaban J connectivity index is 1.80. The van der Waals surface area contributed by atoms with Gasteiger partial charge in [-0.05, 0) is 35.2 Å². The number of rotatable bonds is 4. The van der Waals surface area contributed by atoms with Crippen LogP contribution in [0.3, 0.4) is 0 Å². The maximum atomic E-state index is 13.6. The van der Waals surface area contributed by atoms with Crippen LogP contribution in [0, 0.1) is 0 Å². The predicted octanol–water partition coefficient (Wildman–Crippen LogP) is 4.60. The lowest BCUT2D eigenvalue weighted by atomic mass is 10.1. The smallest absolute Gasteiger partial charge is 0.573 e. The maximum absolute atomic E-state index is 13.6. The number of hydrogen-bond donors (Lipinski definition) is 0. The summed E-state index contributed by atoms with van der Waals surface area (Å²) >= 11 is 8.59. The zero-order valence-electron chi connectivity index (χ0n) is 16.3. The monoisotopic (exact) mass is 509 g/mol. The highest BCUT2D eigenvalue weighted by Crippen LogP contribution is 2.31. The molecular formula is C21H11ClF3N3O3S2. The number of nitrogens with zero attached hydrogens (tertiary/aromatic N) is 3. The minimum atomic E-state index is -4.91. The molecule has 6 nitrogen and oxygen atoms in total. The SMILES string of the molecule is O=c1c(-c2cccc(OC(F)(F)F)c2)c([O-])[n+](Cc2cnc(Cl)s2)c2c3ccsc3ccn12. The van der Waals surface area contributed by atoms with Crippen LogP contribution in [0.25, 0.3) is 26.9 Å². The van der Waals surface area contributed by atoms with E-state index >= 15 is 0 Å². The summed E-state index contributed by atoms with van der Waals surface area (Å²) < 4.78 is 46.0. The van der Waals surface area contributed by atoms with Gasteiger partial charge in [-0.1, -0.05) is 23.7 Å². The number of thiazole rings is 1. The number of alkyl halides is 3. The van der Waals surface area contributed by atoms with Crippen molar-refractivity contribution in [3.8, 4) is 22.8 Å². The van der Waals surface area contributed by atoms with Crippen molar-refractivity contribution >= 4 is 50.0 Å². The summed E-state index contributed by atoms with van der Waals surface area (Å²) in [5, 5.41) is 16.2. The quantitative estimate of drug-likeness (QED) is 0.332. The molecule has 4 aromatic heterocycles. The summed E-state index contributed by atoms with van der Waals surface area (Å²) in [6.07, 6.45) is -1.83. The van der Waals surface area contributed by atoms with Crippen LogP contribution >= 0.6 is 34.3 Å². The second-order valence-corrected chi connectivity index (χ2v) is 9.58. The van der Waals surface area contributed by atoms with Crippen LogP contribution in [0.15, 0.2) is 59.0 Å². The summed E-state index contributed by atoms with van der Waals surface area (Å²) in [5.41, 5.74) is -0.529. The predicted molar refractivity (Wildman–Crippen MR) is 117 cm³/mol. The van der Waals surface area contributed by atoms with Gasteiger partial charge in [0.25, 0.3) is 5.65 Å². The van der Waals surface area contributed by atoms with Crippen LogP contribution in [-0.4, -0.2) is 15.7 Å². The molecule has 5 aromatic rings. The highest BCUT2D eigenvalue weighted by molar-refractivity contribution is 7.17. The average Bonchev–Trinajstić information content (AvgIpc) is 3.38. The zero-order chi connectivity index (χ0) is 23.3. The van der Waals surface area contributed by atoms with Crippen molar-refractivity contribution in [1.29, 1.82) is 0 Å². The normalized spacial score (nSPS) is 12.0. The Morgan fingerprint density at radius 2 is 2.06 bits per heavy atom. The summed E-state index contributed by atoms with van der Waals surface area (Å²) in [5.74, 6) is -1.18. The summed E-state index contributed by atoms with van der Waals surface area (Å²) in [4.78, 5) is 18.1. The molecule has 0 bridgehead atoms. The van der Waals surface area contributed by atoms with Crippen molar-refractivity contribution in [2.45, 2.75) is 12.9 Å². The molecule has 168 valence electrons. The van der Waals surface area contributed by atoms with Gasteiger partial charge in [0.2, 0.25) is 0 Å². The van der Waals surface area contributed by atoms with Crippen LogP contribution in [0.4, 0.5) is 13.2 Å². The van der Waals surface area contributed by atoms with Gasteiger partial charge in [-0.25, -0.2) is 14.3 Å². The van der Waals surface area contributed by atoms with Crippen molar-refractivity contribution in [2.24, 2.45) is 0 Å². The first-order valence-electron chi connectivity index (χ1n) is 9.33. The summed E-state index contributed by atoms with van der Waals surface area (Å²) in [6.45, 7) is 0.0771. The van der Waals surface area contributed by atoms with E-state index in [1.54, 1.807) is 12.3 Å². The molecular weight excluding hydrogens is 499 g/mol. The molecule has 1 aromatic carbocycles. The molecule has 0 aliphatic carbocycles. The lowest BCUT2D eigenvalue weighted by Gasteiger charge is -2.17. The van der Waals surface area contributed by atoms with Gasteiger partial charge in [-0.15, -0.1) is 35.8 Å². The molecule has 12 heteroatoms. The number of thiophene rings is 1. The Kier molecular flexibility index (Phi) is 5.26. The molecule has 0 aliphatic heterocycles. The molecule has 4 heterocycles. The van der Waals surface area contributed by atoms with Crippen LogP contribution in [0.5, 0.6) is 11.6 Å². The van der Waals surface area contributed by atoms with E-state index in [2.05, 4.69) is 9.72 Å². The minimum absolute atomic E-state index is 0.0163. The molecule has 0 amide bonds. The van der Waals surface area contributed by atoms with Gasteiger partial charge in [-0.3, -0.25) is 0 Å². The Bertz CT molecular complexity index is 1580. The van der Waals surface area contributed by atoms with E-state index < -0.39 is 23.6 Å². The topological polar surface area (TPSA) is 70.5 Å². The van der Waals surface area contributed by atoms with Gasteiger partial charge >= 0.3 is 11.9 Å². The van der Waals surface area contributed by atoms with E-state index in [4.69, 9.17) is 11.6 Å². The first-order chi connectivity index (χ1) is 15.7. The fraction of sp³-hybridized carbons (Fsp3) is 0.0952. The number of hydrogen-bond acceptors (Lipinski definition) is 6. The standard InChI is InChI=1S/C21H11ClF3N3O3S2/c22-20-26-9-13(33-20)10-28-17-14-5-7-32-15(14)4-6-27(17)18(29)16(19(28)30)11-2-1-3-12(8-11)31-21(23,24)25/h1-9H,10H2. The van der Waals surface area contributed by atoms with Gasteiger partial charge < -0.3 is 9.84 Å². The Hall–Kier alpha value is -3.15. The molecule has 0 atom stereocenters. The molecule has 0 radical (unpaired) electrons. The molecule has 0 N–H and O–H groups in total. The largest absolute Gasteiger partial charge is 0.842 e. The first-order valence-corrected chi connectivity index (χ1v) is 11.4. The van der Waals surface area contributed by atoms with Crippen LogP contribution in [0.2, 0.25) is 4.47 Å². The number of fused-ring (bicyclic) bond motifs is 3. The average molecular weight is 510 g/mol. The van der Waals surface area contributed by atoms with E-state index in [1.807, 2.05) is 11.4 Å². The third-order valence-electron chi connectivity index (χ3n) is 4.88. The second-order valence-electron chi connectivity index (χ2n) is 6.93. The van der Waals surface area contributed by atoms with Crippen LogP contribution in [0.1, 0.15) is 4.88 Å². The van der Waals surface area contributed by atoms with Gasteiger partial charge in [0, 0.05) is 10.9 Å². The van der Waals surface area contributed by atoms with E-state index in [-0.39, 0.29) is 17.7 Å². The number of pyridine rings is 1. The minimum Gasteiger partial charge on any atom is -0.842 e. The van der Waals surface area contributed by atoms with E-state index in [0.717, 1.165) is 16.8 Å². The molecule has 0 saturated heterocycles. The number of halogens is 4. The van der Waals surface area contributed by atoms with Crippen molar-refractivity contribution in [2.75, 3.05) is 0 Å². The lowest BCUT2D eigenvalue weighted by molar-refractivity contribution is -0.707. The van der Waals surface area contributed by atoms with Crippen molar-refractivity contribution < 1.29 is 27.6 Å². The molecule has 0 spiro atoms. The Labute approximate surface area is 196 Å². The van der Waals surface area contributed by atoms with Gasteiger partial charge in [0.15, 0.2) is 4.47 Å². The Morgan fingerprint density at radius 3 is 2.79 bits per heavy atom. The lowest BCUT2D eigenvalue weighted by Crippen LogP contribution is -2.44. The number of aromatic nitrogens is 3. The highest BCUT2D eigenvalue weighted by atomic mass is 35.5. The molecule has 5 rings (SSSR count). The molecule has 33 heavy (non-hydrogen) atoms. The van der Waals surface area contributed by atoms with Crippen molar-refractivity contribution in [1.82, 2.24) is 9.38 Å². The maximum Gasteiger partial charge on any atom is 0.573 e. The first kappa shape index (κ1) is 21.7. The van der Waals surface area contributed by atoms with Crippen LogP contribution in [-0.2, 0) is 6.54 Å². The summed E-state index contributed by atoms with van der Waals surface area (Å²) in [6, 6.07) is 8.36. The van der Waals surface area contributed by atoms with Crippen molar-refractivity contribution in [3.05, 3.63) is 73.9 Å². The summed E-state index contributed by atoms with van der Waals surface area (Å²) in [7, 11) is 0. The van der Waals surface area contributed by atoms with Gasteiger partial charge in [0.05, 0.1) is 16.1 Å². The van der Waals surface area contributed by atoms with Gasteiger partial charge in [0.1, 0.15) is 24.1 Å². The molecule has 0 fully saturated rings. The molecule has 0 unspecified atom stereocenters. The number of ether oxygens (including phenoxy) is 1. The fourth-order valence-electron chi connectivity index (χ4n) is 3.61. The van der Waals surface area contributed by atoms with E-state index in [0.29, 0.717) is 20.4 Å².